The van der Waals surface area contributed by atoms with E-state index in [1.165, 1.54) is 0 Å². The number of hydrogen-bond donors (Lipinski definition) is 0. The van der Waals surface area contributed by atoms with E-state index in [2.05, 4.69) is 0 Å². The Labute approximate surface area is 132 Å². The molecule has 0 spiro atoms. The second-order valence-corrected chi connectivity index (χ2v) is 3.46. The van der Waals surface area contributed by atoms with Gasteiger partial charge in [0.05, 0.1) is 0 Å². The fourth-order valence-electron chi connectivity index (χ4n) is 1.02. The van der Waals surface area contributed by atoms with Crippen molar-refractivity contribution in [2.45, 2.75) is 0 Å². The van der Waals surface area contributed by atoms with Gasteiger partial charge in [-0.15, -0.1) is 0 Å². The molecule has 99 valence electrons. The summed E-state index contributed by atoms with van der Waals surface area (Å²) in [5.74, 6) is 1.63. The van der Waals surface area contributed by atoms with Crippen LogP contribution in [0.4, 0.5) is 0 Å². The van der Waals surface area contributed by atoms with Gasteiger partial charge in [0.15, 0.2) is 0 Å². The summed E-state index contributed by atoms with van der Waals surface area (Å²) in [5.41, 5.74) is 0. The first kappa shape index (κ1) is 19.8. The van der Waals surface area contributed by atoms with Crippen LogP contribution in [0.5, 0.6) is 11.5 Å². The van der Waals surface area contributed by atoms with Gasteiger partial charge in [0.1, 0.15) is 0 Å². The molecule has 0 radical (unpaired) electrons. The van der Waals surface area contributed by atoms with E-state index in [1.807, 2.05) is 60.7 Å². The molecule has 0 saturated carbocycles. The second-order valence-electron chi connectivity index (χ2n) is 2.83. The average molecular weight is 348 g/mol. The molecule has 0 saturated heterocycles. The molecule has 2 aromatic rings. The third-order valence-corrected chi connectivity index (χ3v) is 2.42. The van der Waals surface area contributed by atoms with Gasteiger partial charge in [-0.25, -0.2) is 0 Å². The van der Waals surface area contributed by atoms with Gasteiger partial charge in [0.2, 0.25) is 0 Å². The molecule has 2 aromatic carbocycles. The molecule has 0 N–H and O–H groups in total. The summed E-state index contributed by atoms with van der Waals surface area (Å²) in [6.45, 7) is 0. The molecular weight excluding hydrogens is 338 g/mol. The Balaban J connectivity index is 0. The average Bonchev–Trinajstić information content (AvgIpc) is 2.32. The first-order valence-corrected chi connectivity index (χ1v) is 5.42. The zero-order chi connectivity index (χ0) is 10.3. The number of benzene rings is 2. The van der Waals surface area contributed by atoms with Crippen LogP contribution in [0.3, 0.4) is 0 Å². The van der Waals surface area contributed by atoms with Crippen LogP contribution in [-0.4, -0.2) is 0 Å². The van der Waals surface area contributed by atoms with Crippen molar-refractivity contribution in [3.63, 3.8) is 0 Å². The van der Waals surface area contributed by atoms with Gasteiger partial charge in [-0.2, -0.15) is 0 Å². The molecule has 0 bridgehead atoms. The fourth-order valence-corrected chi connectivity index (χ4v) is 1.58. The monoisotopic (exact) mass is 347 g/mol. The predicted molar refractivity (Wildman–Crippen MR) is 54.1 cm³/mol. The van der Waals surface area contributed by atoms with Crippen LogP contribution in [0.25, 0.3) is 0 Å². The fraction of sp³-hybridized carbons (Fsp3) is 0. The van der Waals surface area contributed by atoms with Crippen molar-refractivity contribution < 1.29 is 60.5 Å². The van der Waals surface area contributed by atoms with Crippen LogP contribution in [-0.2, 0) is 15.6 Å². The summed E-state index contributed by atoms with van der Waals surface area (Å²) in [6.07, 6.45) is 0. The van der Waals surface area contributed by atoms with Crippen molar-refractivity contribution in [1.82, 2.24) is 0 Å². The summed E-state index contributed by atoms with van der Waals surface area (Å²) in [4.78, 5) is 0. The van der Waals surface area contributed by atoms with Crippen molar-refractivity contribution in [2.24, 2.45) is 0 Å². The molecule has 6 heteroatoms. The molecule has 0 fully saturated rings. The summed E-state index contributed by atoms with van der Waals surface area (Å²) in [5, 5.41) is 0. The zero-order valence-electron chi connectivity index (χ0n) is 9.08. The first-order chi connectivity index (χ1) is 7.45. The number of para-hydroxylation sites is 2. The third-order valence-electron chi connectivity index (χ3n) is 1.71. The van der Waals surface area contributed by atoms with Crippen LogP contribution in [0.2, 0.25) is 0 Å². The molecule has 0 aromatic heterocycles. The molecule has 2 rings (SSSR count). The van der Waals surface area contributed by atoms with Gasteiger partial charge >= 0.3 is 95.4 Å². The molecule has 0 heterocycles. The molecule has 0 aliphatic carbocycles. The molecular formula is C12H10Cl3FeO2. The van der Waals surface area contributed by atoms with Gasteiger partial charge < -0.3 is 37.2 Å². The number of rotatable bonds is 4. The normalized spacial score (nSPS) is 7.78. The van der Waals surface area contributed by atoms with Gasteiger partial charge in [-0.1, -0.05) is 0 Å². The van der Waals surface area contributed by atoms with E-state index in [1.54, 1.807) is 0 Å². The van der Waals surface area contributed by atoms with E-state index in [0.717, 1.165) is 11.5 Å². The van der Waals surface area contributed by atoms with Crippen molar-refractivity contribution in [2.75, 3.05) is 0 Å². The summed E-state index contributed by atoms with van der Waals surface area (Å²) in [7, 11) is 0. The third kappa shape index (κ3) is 7.00. The number of hydrogen-bond acceptors (Lipinski definition) is 2. The Bertz CT molecular complexity index is 361. The van der Waals surface area contributed by atoms with Crippen molar-refractivity contribution >= 4 is 0 Å². The molecule has 0 atom stereocenters. The maximum atomic E-state index is 5.39. The topological polar surface area (TPSA) is 18.5 Å². The quantitative estimate of drug-likeness (QED) is 0.513. The van der Waals surface area contributed by atoms with E-state index < -0.39 is 0 Å². The number of halogens is 3. The molecule has 0 aliphatic rings. The Hall–Kier alpha value is -0.571. The van der Waals surface area contributed by atoms with Gasteiger partial charge in [0, 0.05) is 0 Å². The molecule has 18 heavy (non-hydrogen) atoms. The van der Waals surface area contributed by atoms with Crippen molar-refractivity contribution in [3.05, 3.63) is 60.7 Å². The van der Waals surface area contributed by atoms with Crippen molar-refractivity contribution in [3.8, 4) is 11.5 Å². The van der Waals surface area contributed by atoms with E-state index in [-0.39, 0.29) is 52.8 Å². The predicted octanol–water partition coefficient (Wildman–Crippen LogP) is -5.93. The van der Waals surface area contributed by atoms with E-state index in [4.69, 9.17) is 7.64 Å². The van der Waals surface area contributed by atoms with Crippen LogP contribution >= 0.6 is 0 Å². The van der Waals surface area contributed by atoms with E-state index >= 15 is 0 Å². The Morgan fingerprint density at radius 1 is 0.556 bits per heavy atom. The summed E-state index contributed by atoms with van der Waals surface area (Å²) in [6, 6.07) is 19.2. The van der Waals surface area contributed by atoms with Crippen LogP contribution in [0.1, 0.15) is 0 Å². The standard InChI is InChI=1S/2C6H6O.3ClH.Fe/c2*7-6-4-2-1-3-5-6;;;;/h2*1-5,7H;3*1H;/q;;;;;+5/p-5. The minimum absolute atomic E-state index is 0. The second kappa shape index (κ2) is 11.5. The van der Waals surface area contributed by atoms with E-state index in [0.29, 0.717) is 0 Å². The van der Waals surface area contributed by atoms with E-state index in [9.17, 15) is 0 Å². The molecule has 0 aliphatic heterocycles. The van der Waals surface area contributed by atoms with Gasteiger partial charge in [-0.3, -0.25) is 0 Å². The molecule has 0 unspecified atom stereocenters. The Morgan fingerprint density at radius 2 is 0.889 bits per heavy atom. The Kier molecular flexibility index (Phi) is 12.6. The molecule has 2 nitrogen and oxygen atoms in total. The Morgan fingerprint density at radius 3 is 1.22 bits per heavy atom. The zero-order valence-corrected chi connectivity index (χ0v) is 12.4. The summed E-state index contributed by atoms with van der Waals surface area (Å²) < 4.78 is 10.8. The van der Waals surface area contributed by atoms with Crippen LogP contribution < -0.4 is 44.9 Å². The van der Waals surface area contributed by atoms with Gasteiger partial charge in [-0.05, 0) is 0 Å². The van der Waals surface area contributed by atoms with Crippen molar-refractivity contribution in [1.29, 1.82) is 0 Å². The first-order valence-electron chi connectivity index (χ1n) is 4.52. The summed E-state index contributed by atoms with van der Waals surface area (Å²) >= 11 is 0.230. The maximum absolute atomic E-state index is 5.39. The molecule has 0 amide bonds. The SMILES string of the molecule is [Cl-].[Cl-].[Cl-].c1ccc([O][Fe+3][O]c2ccccc2)cc1. The van der Waals surface area contributed by atoms with Crippen LogP contribution in [0, 0.1) is 0 Å². The minimum atomic E-state index is 0. The van der Waals surface area contributed by atoms with Gasteiger partial charge in [0.25, 0.3) is 0 Å². The van der Waals surface area contributed by atoms with Crippen LogP contribution in [0.15, 0.2) is 60.7 Å².